The molecule has 4 atom stereocenters. The Morgan fingerprint density at radius 1 is 1.35 bits per heavy atom. The Kier molecular flexibility index (Phi) is 8.67. The fraction of sp³-hybridized carbons (Fsp3) is 0.478. The standard InChI is InChI=1S/C23H29N3O6S2/c1-6-18-19(10-20(31-18)26-11-12(2)21(28)25-23(26)30)32-22(29)16-8-7-15(24-14(4)27)9-17(16)13(3)34-33-5/h7-9,11,13,18-20H,6,10H2,1-5H3,(H,24,27)(H,25,28,30)/t13?,18-,19?,20-/m1/s1. The van der Waals surface area contributed by atoms with E-state index in [9.17, 15) is 19.2 Å². The normalized spacial score (nSPS) is 20.7. The quantitative estimate of drug-likeness (QED) is 0.409. The molecule has 0 saturated carbocycles. The lowest BCUT2D eigenvalue weighted by molar-refractivity contribution is -0.114. The van der Waals surface area contributed by atoms with Crippen LogP contribution in [0.15, 0.2) is 34.0 Å². The molecule has 2 N–H and O–H groups in total. The van der Waals surface area contributed by atoms with Crippen LogP contribution in [0.25, 0.3) is 0 Å². The number of nitrogens with one attached hydrogen (secondary N) is 2. The van der Waals surface area contributed by atoms with E-state index >= 15 is 0 Å². The third-order valence-corrected chi connectivity index (χ3v) is 7.75. The molecule has 3 rings (SSSR count). The average Bonchev–Trinajstić information content (AvgIpc) is 3.18. The third kappa shape index (κ3) is 5.94. The van der Waals surface area contributed by atoms with Crippen LogP contribution in [-0.4, -0.2) is 39.9 Å². The summed E-state index contributed by atoms with van der Waals surface area (Å²) in [6, 6.07) is 5.12. The van der Waals surface area contributed by atoms with Gasteiger partial charge in [-0.2, -0.15) is 0 Å². The molecule has 1 saturated heterocycles. The number of aromatic amines is 1. The van der Waals surface area contributed by atoms with Gasteiger partial charge >= 0.3 is 11.7 Å². The maximum atomic E-state index is 13.2. The van der Waals surface area contributed by atoms with Crippen molar-refractivity contribution < 1.29 is 19.1 Å². The van der Waals surface area contributed by atoms with Gasteiger partial charge in [-0.1, -0.05) is 28.5 Å². The molecule has 11 heteroatoms. The molecule has 1 fully saturated rings. The summed E-state index contributed by atoms with van der Waals surface area (Å²) in [4.78, 5) is 51.0. The number of aryl methyl sites for hydroxylation is 1. The van der Waals surface area contributed by atoms with Crippen LogP contribution < -0.4 is 16.6 Å². The van der Waals surface area contributed by atoms with Crippen molar-refractivity contribution in [3.63, 3.8) is 0 Å². The van der Waals surface area contributed by atoms with Crippen LogP contribution in [0.2, 0.25) is 0 Å². The van der Waals surface area contributed by atoms with Crippen LogP contribution in [0.4, 0.5) is 5.69 Å². The molecule has 34 heavy (non-hydrogen) atoms. The first kappa shape index (κ1) is 26.1. The number of amides is 1. The zero-order valence-corrected chi connectivity index (χ0v) is 21.4. The van der Waals surface area contributed by atoms with E-state index in [0.29, 0.717) is 23.2 Å². The molecule has 184 valence electrons. The molecule has 1 aliphatic rings. The molecular formula is C23H29N3O6S2. The van der Waals surface area contributed by atoms with Crippen LogP contribution in [0, 0.1) is 6.92 Å². The highest BCUT2D eigenvalue weighted by Gasteiger charge is 2.39. The van der Waals surface area contributed by atoms with Crippen LogP contribution in [0.5, 0.6) is 0 Å². The number of aromatic nitrogens is 2. The predicted octanol–water partition coefficient (Wildman–Crippen LogP) is 3.80. The highest BCUT2D eigenvalue weighted by atomic mass is 33.1. The van der Waals surface area contributed by atoms with Crippen LogP contribution in [-0.2, 0) is 14.3 Å². The molecular weight excluding hydrogens is 478 g/mol. The number of hydrogen-bond acceptors (Lipinski definition) is 8. The van der Waals surface area contributed by atoms with Crippen LogP contribution in [0.1, 0.15) is 66.6 Å². The van der Waals surface area contributed by atoms with Crippen molar-refractivity contribution in [1.82, 2.24) is 9.55 Å². The van der Waals surface area contributed by atoms with Crippen molar-refractivity contribution in [3.05, 3.63) is 61.9 Å². The topological polar surface area (TPSA) is 119 Å². The van der Waals surface area contributed by atoms with Gasteiger partial charge in [0.2, 0.25) is 5.91 Å². The smallest absolute Gasteiger partial charge is 0.338 e. The first-order valence-corrected chi connectivity index (χ1v) is 13.6. The molecule has 2 unspecified atom stereocenters. The van der Waals surface area contributed by atoms with E-state index in [1.807, 2.05) is 20.1 Å². The summed E-state index contributed by atoms with van der Waals surface area (Å²) in [6.07, 6.45) is 2.67. The monoisotopic (exact) mass is 507 g/mol. The van der Waals surface area contributed by atoms with E-state index in [-0.39, 0.29) is 17.6 Å². The van der Waals surface area contributed by atoms with Gasteiger partial charge in [0.05, 0.1) is 11.7 Å². The summed E-state index contributed by atoms with van der Waals surface area (Å²) in [5.74, 6) is -0.685. The second-order valence-electron chi connectivity index (χ2n) is 8.08. The number of anilines is 1. The molecule has 1 amide bonds. The maximum absolute atomic E-state index is 13.2. The zero-order chi connectivity index (χ0) is 25.0. The number of nitrogens with zero attached hydrogens (tertiary/aromatic N) is 1. The van der Waals surface area contributed by atoms with E-state index in [1.54, 1.807) is 46.7 Å². The Morgan fingerprint density at radius 2 is 2.09 bits per heavy atom. The van der Waals surface area contributed by atoms with Gasteiger partial charge in [-0.25, -0.2) is 9.59 Å². The van der Waals surface area contributed by atoms with Gasteiger partial charge in [-0.15, -0.1) is 0 Å². The largest absolute Gasteiger partial charge is 0.456 e. The molecule has 2 aromatic rings. The van der Waals surface area contributed by atoms with E-state index in [4.69, 9.17) is 9.47 Å². The summed E-state index contributed by atoms with van der Waals surface area (Å²) < 4.78 is 13.2. The lowest BCUT2D eigenvalue weighted by atomic mass is 10.0. The Hall–Kier alpha value is -2.50. The Labute approximate surface area is 205 Å². The summed E-state index contributed by atoms with van der Waals surface area (Å²) >= 11 is 0. The summed E-state index contributed by atoms with van der Waals surface area (Å²) in [7, 11) is 3.18. The van der Waals surface area contributed by atoms with E-state index in [0.717, 1.165) is 5.56 Å². The molecule has 2 heterocycles. The SMILES string of the molecule is CC[C@H]1O[C@@H](n2cc(C)c(=O)[nH]c2=O)CC1OC(=O)c1ccc(NC(C)=O)cc1C(C)SSC. The second kappa shape index (κ2) is 11.3. The highest BCUT2D eigenvalue weighted by Crippen LogP contribution is 2.39. The van der Waals surface area contributed by atoms with Crippen molar-refractivity contribution in [2.75, 3.05) is 11.6 Å². The number of rotatable bonds is 8. The Balaban J connectivity index is 1.85. The van der Waals surface area contributed by atoms with Crippen molar-refractivity contribution in [2.45, 2.75) is 64.2 Å². The number of ether oxygens (including phenoxy) is 2. The molecule has 1 aliphatic heterocycles. The first-order chi connectivity index (χ1) is 16.1. The zero-order valence-electron chi connectivity index (χ0n) is 19.7. The van der Waals surface area contributed by atoms with E-state index in [2.05, 4.69) is 10.3 Å². The fourth-order valence-electron chi connectivity index (χ4n) is 3.92. The van der Waals surface area contributed by atoms with Crippen LogP contribution in [0.3, 0.4) is 0 Å². The summed E-state index contributed by atoms with van der Waals surface area (Å²) in [6.45, 7) is 6.94. The van der Waals surface area contributed by atoms with Gasteiger partial charge in [0.25, 0.3) is 5.56 Å². The van der Waals surface area contributed by atoms with Gasteiger partial charge < -0.3 is 14.8 Å². The van der Waals surface area contributed by atoms with E-state index in [1.165, 1.54) is 17.7 Å². The molecule has 0 spiro atoms. The second-order valence-corrected chi connectivity index (χ2v) is 10.9. The number of benzene rings is 1. The average molecular weight is 508 g/mol. The van der Waals surface area contributed by atoms with Crippen molar-refractivity contribution in [2.24, 2.45) is 0 Å². The predicted molar refractivity (Wildman–Crippen MR) is 134 cm³/mol. The number of carbonyl (C=O) groups excluding carboxylic acids is 2. The van der Waals surface area contributed by atoms with Gasteiger partial charge in [-0.3, -0.25) is 19.1 Å². The number of carbonyl (C=O) groups is 2. The number of esters is 1. The number of hydrogen-bond donors (Lipinski definition) is 2. The first-order valence-electron chi connectivity index (χ1n) is 10.9. The molecule has 1 aromatic heterocycles. The maximum Gasteiger partial charge on any atom is 0.338 e. The number of H-pyrrole nitrogens is 1. The lowest BCUT2D eigenvalue weighted by Crippen LogP contribution is -2.33. The minimum atomic E-state index is -0.654. The minimum absolute atomic E-state index is 0.0245. The van der Waals surface area contributed by atoms with Gasteiger partial charge in [0.1, 0.15) is 12.3 Å². The molecule has 9 nitrogen and oxygen atoms in total. The Bertz CT molecular complexity index is 1180. The van der Waals surface area contributed by atoms with E-state index < -0.39 is 35.7 Å². The molecule has 1 aromatic carbocycles. The van der Waals surface area contributed by atoms with Crippen molar-refractivity contribution in [3.8, 4) is 0 Å². The van der Waals surface area contributed by atoms with Crippen molar-refractivity contribution in [1.29, 1.82) is 0 Å². The fourth-order valence-corrected chi connectivity index (χ4v) is 5.69. The summed E-state index contributed by atoms with van der Waals surface area (Å²) in [5, 5.41) is 2.73. The highest BCUT2D eigenvalue weighted by molar-refractivity contribution is 8.76. The third-order valence-electron chi connectivity index (χ3n) is 5.57. The van der Waals surface area contributed by atoms with Crippen LogP contribution >= 0.6 is 21.6 Å². The summed E-state index contributed by atoms with van der Waals surface area (Å²) in [5.41, 5.74) is 1.16. The van der Waals surface area contributed by atoms with Gasteiger partial charge in [0, 0.05) is 36.0 Å². The Morgan fingerprint density at radius 3 is 2.74 bits per heavy atom. The minimum Gasteiger partial charge on any atom is -0.456 e. The lowest BCUT2D eigenvalue weighted by Gasteiger charge is -2.20. The van der Waals surface area contributed by atoms with Crippen molar-refractivity contribution >= 4 is 39.2 Å². The molecule has 0 bridgehead atoms. The van der Waals surface area contributed by atoms with Gasteiger partial charge in [-0.05, 0) is 50.3 Å². The van der Waals surface area contributed by atoms with Gasteiger partial charge in [0.15, 0.2) is 0 Å². The molecule has 0 aliphatic carbocycles. The molecule has 0 radical (unpaired) electrons.